The number of aromatic nitrogens is 4. The minimum Gasteiger partial charge on any atom is -0.332 e. The SMILES string of the molecule is CCCCc1ccc(N2CC(c3noc(-c4n[nH]c5ccccc45)n3)CC2=O)cc1. The summed E-state index contributed by atoms with van der Waals surface area (Å²) in [5, 5.41) is 12.4. The number of hydrogen-bond acceptors (Lipinski definition) is 5. The molecule has 152 valence electrons. The van der Waals surface area contributed by atoms with Crippen molar-refractivity contribution in [2.24, 2.45) is 0 Å². The number of para-hydroxylation sites is 1. The van der Waals surface area contributed by atoms with Gasteiger partial charge < -0.3 is 9.42 Å². The Balaban J connectivity index is 1.34. The van der Waals surface area contributed by atoms with Crippen LogP contribution in [0.4, 0.5) is 5.69 Å². The van der Waals surface area contributed by atoms with E-state index >= 15 is 0 Å². The van der Waals surface area contributed by atoms with Gasteiger partial charge in [0.1, 0.15) is 0 Å². The van der Waals surface area contributed by atoms with E-state index in [0.717, 1.165) is 23.0 Å². The Morgan fingerprint density at radius 1 is 1.17 bits per heavy atom. The first-order valence-electron chi connectivity index (χ1n) is 10.4. The number of benzene rings is 2. The van der Waals surface area contributed by atoms with Gasteiger partial charge in [-0.3, -0.25) is 9.89 Å². The molecule has 1 atom stereocenters. The lowest BCUT2D eigenvalue weighted by Gasteiger charge is -2.16. The maximum absolute atomic E-state index is 12.6. The molecule has 2 aromatic carbocycles. The average molecular weight is 401 g/mol. The first-order chi connectivity index (χ1) is 14.7. The quantitative estimate of drug-likeness (QED) is 0.515. The minimum atomic E-state index is -0.0972. The van der Waals surface area contributed by atoms with E-state index in [1.807, 2.05) is 41.3 Å². The van der Waals surface area contributed by atoms with Crippen LogP contribution >= 0.6 is 0 Å². The van der Waals surface area contributed by atoms with Crippen molar-refractivity contribution < 1.29 is 9.32 Å². The highest BCUT2D eigenvalue weighted by atomic mass is 16.5. The summed E-state index contributed by atoms with van der Waals surface area (Å²) in [6, 6.07) is 16.1. The van der Waals surface area contributed by atoms with E-state index in [9.17, 15) is 4.79 Å². The van der Waals surface area contributed by atoms with Crippen molar-refractivity contribution in [3.63, 3.8) is 0 Å². The van der Waals surface area contributed by atoms with E-state index < -0.39 is 0 Å². The van der Waals surface area contributed by atoms with E-state index in [2.05, 4.69) is 39.4 Å². The lowest BCUT2D eigenvalue weighted by atomic mass is 10.1. The van der Waals surface area contributed by atoms with Crippen molar-refractivity contribution in [1.82, 2.24) is 20.3 Å². The molecule has 5 rings (SSSR count). The topological polar surface area (TPSA) is 87.9 Å². The summed E-state index contributed by atoms with van der Waals surface area (Å²) >= 11 is 0. The molecule has 1 fully saturated rings. The third kappa shape index (κ3) is 3.36. The second kappa shape index (κ2) is 7.74. The monoisotopic (exact) mass is 401 g/mol. The fourth-order valence-electron chi connectivity index (χ4n) is 3.98. The molecule has 0 aliphatic carbocycles. The van der Waals surface area contributed by atoms with Crippen molar-refractivity contribution in [3.8, 4) is 11.6 Å². The lowest BCUT2D eigenvalue weighted by Crippen LogP contribution is -2.24. The fourth-order valence-corrected chi connectivity index (χ4v) is 3.98. The molecule has 0 bridgehead atoms. The number of unbranched alkanes of at least 4 members (excludes halogenated alkanes) is 1. The summed E-state index contributed by atoms with van der Waals surface area (Å²) in [5.74, 6) is 0.902. The Hall–Kier alpha value is -3.48. The zero-order valence-corrected chi connectivity index (χ0v) is 16.8. The predicted octanol–water partition coefficient (Wildman–Crippen LogP) is 4.48. The zero-order chi connectivity index (χ0) is 20.5. The molecule has 1 amide bonds. The van der Waals surface area contributed by atoms with Gasteiger partial charge in [0.25, 0.3) is 5.89 Å². The molecule has 2 aromatic heterocycles. The number of nitrogens with one attached hydrogen (secondary N) is 1. The molecule has 1 aliphatic heterocycles. The predicted molar refractivity (Wildman–Crippen MR) is 114 cm³/mol. The molecule has 1 N–H and O–H groups in total. The van der Waals surface area contributed by atoms with Crippen LogP contribution in [0.15, 0.2) is 53.1 Å². The molecule has 0 spiro atoms. The maximum Gasteiger partial charge on any atom is 0.279 e. The number of aryl methyl sites for hydroxylation is 1. The van der Waals surface area contributed by atoms with Gasteiger partial charge in [0.15, 0.2) is 11.5 Å². The summed E-state index contributed by atoms with van der Waals surface area (Å²) in [6.07, 6.45) is 3.79. The highest BCUT2D eigenvalue weighted by molar-refractivity contribution is 5.96. The van der Waals surface area contributed by atoms with Crippen LogP contribution in [0, 0.1) is 0 Å². The Morgan fingerprint density at radius 3 is 2.83 bits per heavy atom. The molecule has 0 radical (unpaired) electrons. The van der Waals surface area contributed by atoms with E-state index in [-0.39, 0.29) is 11.8 Å². The third-order valence-corrected chi connectivity index (χ3v) is 5.67. The van der Waals surface area contributed by atoms with Gasteiger partial charge in [-0.05, 0) is 36.6 Å². The molecule has 1 aliphatic rings. The highest BCUT2D eigenvalue weighted by Gasteiger charge is 2.35. The number of amides is 1. The first-order valence-corrected chi connectivity index (χ1v) is 10.4. The van der Waals surface area contributed by atoms with Gasteiger partial charge in [-0.2, -0.15) is 10.1 Å². The average Bonchev–Trinajstić information content (AvgIpc) is 3.50. The number of anilines is 1. The van der Waals surface area contributed by atoms with E-state index in [1.165, 1.54) is 18.4 Å². The number of hydrogen-bond donors (Lipinski definition) is 1. The number of fused-ring (bicyclic) bond motifs is 1. The van der Waals surface area contributed by atoms with Crippen molar-refractivity contribution in [3.05, 3.63) is 59.9 Å². The molecule has 7 nitrogen and oxygen atoms in total. The Bertz CT molecular complexity index is 1180. The molecule has 30 heavy (non-hydrogen) atoms. The highest BCUT2D eigenvalue weighted by Crippen LogP contribution is 2.32. The molecular weight excluding hydrogens is 378 g/mol. The molecule has 0 saturated carbocycles. The summed E-state index contributed by atoms with van der Waals surface area (Å²) in [7, 11) is 0. The fraction of sp³-hybridized carbons (Fsp3) is 0.304. The second-order valence-corrected chi connectivity index (χ2v) is 7.75. The normalized spacial score (nSPS) is 16.6. The van der Waals surface area contributed by atoms with Gasteiger partial charge in [0, 0.05) is 30.0 Å². The third-order valence-electron chi connectivity index (χ3n) is 5.67. The van der Waals surface area contributed by atoms with Crippen molar-refractivity contribution in [1.29, 1.82) is 0 Å². The second-order valence-electron chi connectivity index (χ2n) is 7.75. The molecule has 3 heterocycles. The standard InChI is InChI=1S/C23H23N5O2/c1-2-3-6-15-9-11-17(12-10-15)28-14-16(13-20(28)29)22-24-23(30-27-22)21-18-7-4-5-8-19(18)25-26-21/h4-5,7-12,16H,2-3,6,13-14H2,1H3,(H,25,26). The molecule has 4 aromatic rings. The Labute approximate surface area is 174 Å². The number of carbonyl (C=O) groups excluding carboxylic acids is 1. The molecule has 7 heteroatoms. The van der Waals surface area contributed by atoms with Crippen molar-refractivity contribution >= 4 is 22.5 Å². The number of rotatable bonds is 6. The lowest BCUT2D eigenvalue weighted by molar-refractivity contribution is -0.117. The van der Waals surface area contributed by atoms with E-state index in [1.54, 1.807) is 0 Å². The summed E-state index contributed by atoms with van der Waals surface area (Å²) in [4.78, 5) is 19.0. The van der Waals surface area contributed by atoms with Crippen LogP contribution in [0.2, 0.25) is 0 Å². The van der Waals surface area contributed by atoms with Crippen LogP contribution in [0.5, 0.6) is 0 Å². The molecule has 1 unspecified atom stereocenters. The summed E-state index contributed by atoms with van der Waals surface area (Å²) < 4.78 is 5.49. The van der Waals surface area contributed by atoms with E-state index in [0.29, 0.717) is 30.4 Å². The van der Waals surface area contributed by atoms with Gasteiger partial charge in [-0.15, -0.1) is 0 Å². The molecule has 1 saturated heterocycles. The number of H-pyrrole nitrogens is 1. The first kappa shape index (κ1) is 18.5. The number of nitrogens with zero attached hydrogens (tertiary/aromatic N) is 4. The van der Waals surface area contributed by atoms with Crippen LogP contribution < -0.4 is 4.90 Å². The van der Waals surface area contributed by atoms with Crippen LogP contribution in [0.3, 0.4) is 0 Å². The van der Waals surface area contributed by atoms with Crippen LogP contribution in [0.25, 0.3) is 22.5 Å². The largest absolute Gasteiger partial charge is 0.332 e. The smallest absolute Gasteiger partial charge is 0.279 e. The van der Waals surface area contributed by atoms with Crippen molar-refractivity contribution in [2.45, 2.75) is 38.5 Å². The number of carbonyl (C=O) groups is 1. The van der Waals surface area contributed by atoms with Gasteiger partial charge >= 0.3 is 0 Å². The van der Waals surface area contributed by atoms with Crippen LogP contribution in [0.1, 0.15) is 43.5 Å². The Morgan fingerprint density at radius 2 is 2.00 bits per heavy atom. The van der Waals surface area contributed by atoms with E-state index in [4.69, 9.17) is 4.52 Å². The Kier molecular flexibility index (Phi) is 4.78. The zero-order valence-electron chi connectivity index (χ0n) is 16.8. The van der Waals surface area contributed by atoms with Gasteiger partial charge in [-0.25, -0.2) is 0 Å². The minimum absolute atomic E-state index is 0.0814. The number of aromatic amines is 1. The van der Waals surface area contributed by atoms with Crippen LogP contribution in [-0.2, 0) is 11.2 Å². The van der Waals surface area contributed by atoms with Gasteiger partial charge in [0.05, 0.1) is 5.52 Å². The molecular formula is C23H23N5O2. The summed E-state index contributed by atoms with van der Waals surface area (Å²) in [6.45, 7) is 2.74. The van der Waals surface area contributed by atoms with Crippen LogP contribution in [-0.4, -0.2) is 32.8 Å². The van der Waals surface area contributed by atoms with Gasteiger partial charge in [0.2, 0.25) is 5.91 Å². The van der Waals surface area contributed by atoms with Gasteiger partial charge in [-0.1, -0.05) is 48.8 Å². The maximum atomic E-state index is 12.6. The summed E-state index contributed by atoms with van der Waals surface area (Å²) in [5.41, 5.74) is 3.77. The van der Waals surface area contributed by atoms with Crippen molar-refractivity contribution in [2.75, 3.05) is 11.4 Å².